The van der Waals surface area contributed by atoms with E-state index in [1.165, 1.54) is 24.6 Å². The number of fused-ring (bicyclic) bond motifs is 1. The standard InChI is InChI=1S/C14H12N4O2S2/c1-8-3-4-10(13-12(8)9(5-15)6-16-13)18-22(19)11-7-17-14(20-2)21-11/h3-4,6-7,16,18H,1-2H3. The Labute approximate surface area is 133 Å². The lowest BCUT2D eigenvalue weighted by Gasteiger charge is -2.07. The van der Waals surface area contributed by atoms with E-state index in [9.17, 15) is 4.21 Å². The van der Waals surface area contributed by atoms with Gasteiger partial charge in [-0.25, -0.2) is 9.19 Å². The Morgan fingerprint density at radius 1 is 1.50 bits per heavy atom. The highest BCUT2D eigenvalue weighted by molar-refractivity contribution is 7.88. The third-order valence-corrected chi connectivity index (χ3v) is 5.52. The molecule has 1 aromatic carbocycles. The van der Waals surface area contributed by atoms with Crippen molar-refractivity contribution in [3.63, 3.8) is 0 Å². The summed E-state index contributed by atoms with van der Waals surface area (Å²) >= 11 is 1.22. The van der Waals surface area contributed by atoms with Gasteiger partial charge in [-0.15, -0.1) is 0 Å². The fourth-order valence-corrected chi connectivity index (χ4v) is 3.89. The molecule has 112 valence electrons. The quantitative estimate of drug-likeness (QED) is 0.768. The van der Waals surface area contributed by atoms with Gasteiger partial charge < -0.3 is 9.72 Å². The number of rotatable bonds is 4. The molecule has 0 saturated carbocycles. The number of hydrogen-bond donors (Lipinski definition) is 2. The number of thiazole rings is 1. The van der Waals surface area contributed by atoms with Crippen LogP contribution in [0.15, 0.2) is 28.7 Å². The first-order valence-corrected chi connectivity index (χ1v) is 8.29. The van der Waals surface area contributed by atoms with Crippen LogP contribution in [0.1, 0.15) is 11.1 Å². The Hall–Kier alpha value is -2.37. The van der Waals surface area contributed by atoms with E-state index in [-0.39, 0.29) is 0 Å². The summed E-state index contributed by atoms with van der Waals surface area (Å²) in [4.78, 5) is 7.07. The lowest BCUT2D eigenvalue weighted by molar-refractivity contribution is 0.412. The third-order valence-electron chi connectivity index (χ3n) is 3.19. The molecule has 1 unspecified atom stereocenters. The first-order chi connectivity index (χ1) is 10.6. The molecule has 0 aliphatic rings. The minimum absolute atomic E-state index is 0.464. The first kappa shape index (κ1) is 14.6. The molecule has 0 amide bonds. The van der Waals surface area contributed by atoms with Crippen molar-refractivity contribution in [3.05, 3.63) is 35.7 Å². The SMILES string of the molecule is COc1ncc(S(=O)Nc2ccc(C)c3c(C#N)c[nH]c23)s1. The first-order valence-electron chi connectivity index (χ1n) is 6.33. The number of benzene rings is 1. The Morgan fingerprint density at radius 3 is 3.00 bits per heavy atom. The smallest absolute Gasteiger partial charge is 0.274 e. The van der Waals surface area contributed by atoms with Crippen molar-refractivity contribution in [2.24, 2.45) is 0 Å². The molecular weight excluding hydrogens is 320 g/mol. The monoisotopic (exact) mass is 332 g/mol. The summed E-state index contributed by atoms with van der Waals surface area (Å²) in [6.45, 7) is 1.94. The van der Waals surface area contributed by atoms with Gasteiger partial charge in [0.15, 0.2) is 11.0 Å². The van der Waals surface area contributed by atoms with E-state index in [1.54, 1.807) is 6.20 Å². The maximum atomic E-state index is 12.4. The lowest BCUT2D eigenvalue weighted by atomic mass is 10.1. The van der Waals surface area contributed by atoms with Crippen LogP contribution >= 0.6 is 11.3 Å². The molecule has 0 radical (unpaired) electrons. The summed E-state index contributed by atoms with van der Waals surface area (Å²) < 4.78 is 20.9. The van der Waals surface area contributed by atoms with Crippen molar-refractivity contribution in [1.82, 2.24) is 9.97 Å². The predicted molar refractivity (Wildman–Crippen MR) is 86.4 cm³/mol. The maximum Gasteiger partial charge on any atom is 0.274 e. The molecule has 0 fully saturated rings. The Balaban J connectivity index is 1.97. The van der Waals surface area contributed by atoms with Gasteiger partial charge in [-0.2, -0.15) is 5.26 Å². The van der Waals surface area contributed by atoms with Gasteiger partial charge in [-0.05, 0) is 18.6 Å². The van der Waals surface area contributed by atoms with Gasteiger partial charge in [0.1, 0.15) is 10.3 Å². The van der Waals surface area contributed by atoms with Crippen molar-refractivity contribution in [2.45, 2.75) is 11.1 Å². The number of nitriles is 1. The average Bonchev–Trinajstić information content (AvgIpc) is 3.16. The summed E-state index contributed by atoms with van der Waals surface area (Å²) in [6, 6.07) is 5.89. The van der Waals surface area contributed by atoms with Gasteiger partial charge in [-0.3, -0.25) is 4.72 Å². The minimum atomic E-state index is -1.45. The summed E-state index contributed by atoms with van der Waals surface area (Å²) in [5.41, 5.74) is 3.00. The van der Waals surface area contributed by atoms with Crippen LogP contribution in [-0.4, -0.2) is 21.3 Å². The van der Waals surface area contributed by atoms with Gasteiger partial charge in [0.25, 0.3) is 5.19 Å². The van der Waals surface area contributed by atoms with Crippen molar-refractivity contribution in [3.8, 4) is 11.3 Å². The van der Waals surface area contributed by atoms with Crippen LogP contribution in [0, 0.1) is 18.3 Å². The van der Waals surface area contributed by atoms with Crippen LogP contribution in [0.3, 0.4) is 0 Å². The molecule has 3 rings (SSSR count). The molecule has 3 aromatic rings. The molecular formula is C14H12N4O2S2. The number of hydrogen-bond acceptors (Lipinski definition) is 5. The Kier molecular flexibility index (Phi) is 3.83. The highest BCUT2D eigenvalue weighted by atomic mass is 32.2. The zero-order valence-corrected chi connectivity index (χ0v) is 13.5. The van der Waals surface area contributed by atoms with Crippen molar-refractivity contribution in [1.29, 1.82) is 5.26 Å². The van der Waals surface area contributed by atoms with Gasteiger partial charge in [-0.1, -0.05) is 17.4 Å². The van der Waals surface area contributed by atoms with Crippen molar-refractivity contribution >= 4 is 38.9 Å². The number of ether oxygens (including phenoxy) is 1. The Bertz CT molecular complexity index is 907. The van der Waals surface area contributed by atoms with Gasteiger partial charge in [0, 0.05) is 11.6 Å². The molecule has 2 heterocycles. The Morgan fingerprint density at radius 2 is 2.32 bits per heavy atom. The molecule has 0 saturated heterocycles. The van der Waals surface area contributed by atoms with E-state index in [1.807, 2.05) is 19.1 Å². The van der Waals surface area contributed by atoms with Crippen LogP contribution in [0.25, 0.3) is 10.9 Å². The van der Waals surface area contributed by atoms with Crippen molar-refractivity contribution in [2.75, 3.05) is 11.8 Å². The van der Waals surface area contributed by atoms with E-state index >= 15 is 0 Å². The number of methoxy groups -OCH3 is 1. The zero-order chi connectivity index (χ0) is 15.7. The molecule has 8 heteroatoms. The minimum Gasteiger partial charge on any atom is -0.473 e. The van der Waals surface area contributed by atoms with E-state index in [0.29, 0.717) is 20.7 Å². The van der Waals surface area contributed by atoms with Gasteiger partial charge in [0.2, 0.25) is 0 Å². The molecule has 2 N–H and O–H groups in total. The molecule has 0 aliphatic heterocycles. The number of H-pyrrole nitrogens is 1. The van der Waals surface area contributed by atoms with Crippen molar-refractivity contribution < 1.29 is 8.95 Å². The van der Waals surface area contributed by atoms with E-state index in [4.69, 9.17) is 10.00 Å². The molecule has 6 nitrogen and oxygen atoms in total. The number of nitrogens with zero attached hydrogens (tertiary/aromatic N) is 2. The van der Waals surface area contributed by atoms with E-state index in [0.717, 1.165) is 16.5 Å². The van der Waals surface area contributed by atoms with E-state index < -0.39 is 11.0 Å². The topological polar surface area (TPSA) is 90.8 Å². The van der Waals surface area contributed by atoms with Crippen LogP contribution in [0.4, 0.5) is 5.69 Å². The highest BCUT2D eigenvalue weighted by Crippen LogP contribution is 2.30. The number of aromatic nitrogens is 2. The maximum absolute atomic E-state index is 12.4. The number of aromatic amines is 1. The molecule has 0 aliphatic carbocycles. The summed E-state index contributed by atoms with van der Waals surface area (Å²) in [7, 11) is 0.0713. The zero-order valence-electron chi connectivity index (χ0n) is 11.8. The second-order valence-corrected chi connectivity index (χ2v) is 6.95. The fraction of sp³-hybridized carbons (Fsp3) is 0.143. The number of aryl methyl sites for hydroxylation is 1. The molecule has 0 bridgehead atoms. The highest BCUT2D eigenvalue weighted by Gasteiger charge is 2.14. The largest absolute Gasteiger partial charge is 0.473 e. The number of anilines is 1. The average molecular weight is 332 g/mol. The second-order valence-electron chi connectivity index (χ2n) is 4.51. The van der Waals surface area contributed by atoms with Gasteiger partial charge in [0.05, 0.1) is 30.1 Å². The third kappa shape index (κ3) is 2.45. The van der Waals surface area contributed by atoms with Gasteiger partial charge >= 0.3 is 0 Å². The molecule has 2 aromatic heterocycles. The summed E-state index contributed by atoms with van der Waals surface area (Å²) in [6.07, 6.45) is 3.18. The second kappa shape index (κ2) is 5.79. The summed E-state index contributed by atoms with van der Waals surface area (Å²) in [5, 5.41) is 10.5. The van der Waals surface area contributed by atoms with Crippen LogP contribution in [-0.2, 0) is 11.0 Å². The summed E-state index contributed by atoms with van der Waals surface area (Å²) in [5.74, 6) is 0. The molecule has 0 spiro atoms. The lowest BCUT2D eigenvalue weighted by Crippen LogP contribution is -2.03. The molecule has 1 atom stereocenters. The number of nitrogens with one attached hydrogen (secondary N) is 2. The molecule has 22 heavy (non-hydrogen) atoms. The van der Waals surface area contributed by atoms with Crippen LogP contribution < -0.4 is 9.46 Å². The normalized spacial score (nSPS) is 12.0. The van der Waals surface area contributed by atoms with Crippen LogP contribution in [0.5, 0.6) is 5.19 Å². The fourth-order valence-electron chi connectivity index (χ4n) is 2.17. The van der Waals surface area contributed by atoms with Crippen LogP contribution in [0.2, 0.25) is 0 Å². The van der Waals surface area contributed by atoms with E-state index in [2.05, 4.69) is 20.8 Å². The predicted octanol–water partition coefficient (Wildman–Crippen LogP) is 2.95.